The Labute approximate surface area is 85.9 Å². The molecule has 2 nitrogen and oxygen atoms in total. The van der Waals surface area contributed by atoms with Gasteiger partial charge in [-0.1, -0.05) is 0 Å². The largest absolute Gasteiger partial charge is 0.480 e. The van der Waals surface area contributed by atoms with E-state index in [9.17, 15) is 26.3 Å². The topological polar surface area (TPSA) is 22.1 Å². The highest BCUT2D eigenvalue weighted by Gasteiger charge is 2.40. The number of pyridine rings is 1. The number of hydrogen-bond acceptors (Lipinski definition) is 2. The zero-order valence-corrected chi connectivity index (χ0v) is 7.78. The molecule has 1 aromatic heterocycles. The molecule has 0 fully saturated rings. The number of nitrogens with zero attached hydrogens (tertiary/aromatic N) is 1. The van der Waals surface area contributed by atoms with E-state index in [4.69, 9.17) is 0 Å². The van der Waals surface area contributed by atoms with Crippen LogP contribution in [0.5, 0.6) is 5.88 Å². The van der Waals surface area contributed by atoms with Gasteiger partial charge < -0.3 is 4.74 Å². The van der Waals surface area contributed by atoms with Crippen LogP contribution in [-0.2, 0) is 6.18 Å². The van der Waals surface area contributed by atoms with Gasteiger partial charge in [0.15, 0.2) is 11.4 Å². The van der Waals surface area contributed by atoms with Gasteiger partial charge in [-0.15, -0.1) is 0 Å². The van der Waals surface area contributed by atoms with Gasteiger partial charge in [-0.3, -0.25) is 0 Å². The van der Waals surface area contributed by atoms with Crippen molar-refractivity contribution >= 4 is 0 Å². The van der Waals surface area contributed by atoms with Crippen molar-refractivity contribution in [1.82, 2.24) is 4.98 Å². The maximum atomic E-state index is 13.1. The molecule has 90 valence electrons. The van der Waals surface area contributed by atoms with E-state index in [0.717, 1.165) is 7.11 Å². The Kier molecular flexibility index (Phi) is 3.30. The second kappa shape index (κ2) is 4.18. The van der Waals surface area contributed by atoms with Crippen molar-refractivity contribution in [2.24, 2.45) is 0 Å². The Hall–Kier alpha value is -1.47. The van der Waals surface area contributed by atoms with Gasteiger partial charge in [0.1, 0.15) is 0 Å². The molecule has 0 aromatic carbocycles. The minimum Gasteiger partial charge on any atom is -0.480 e. The highest BCUT2D eigenvalue weighted by atomic mass is 19.4. The molecule has 0 amide bonds. The maximum absolute atomic E-state index is 13.1. The van der Waals surface area contributed by atoms with Crippen molar-refractivity contribution in [3.8, 4) is 5.88 Å². The number of alkyl halides is 5. The van der Waals surface area contributed by atoms with Gasteiger partial charge in [0.25, 0.3) is 6.43 Å². The normalized spacial score (nSPS) is 12.0. The number of hydrogen-bond donors (Lipinski definition) is 0. The van der Waals surface area contributed by atoms with Crippen LogP contribution >= 0.6 is 0 Å². The first-order valence-corrected chi connectivity index (χ1v) is 3.86. The molecule has 1 rings (SSSR count). The molecule has 16 heavy (non-hydrogen) atoms. The van der Waals surface area contributed by atoms with Crippen molar-refractivity contribution in [3.05, 3.63) is 23.1 Å². The highest BCUT2D eigenvalue weighted by molar-refractivity contribution is 5.35. The second-order valence-corrected chi connectivity index (χ2v) is 2.71. The van der Waals surface area contributed by atoms with Crippen LogP contribution in [0.4, 0.5) is 26.3 Å². The maximum Gasteiger partial charge on any atom is 0.424 e. The third-order valence-corrected chi connectivity index (χ3v) is 1.72. The van der Waals surface area contributed by atoms with Gasteiger partial charge in [0, 0.05) is 6.20 Å². The minimum absolute atomic E-state index is 0.314. The molecule has 0 atom stereocenters. The molecule has 0 N–H and O–H groups in total. The van der Waals surface area contributed by atoms with Gasteiger partial charge in [-0.05, 0) is 0 Å². The lowest BCUT2D eigenvalue weighted by Gasteiger charge is -2.13. The van der Waals surface area contributed by atoms with Gasteiger partial charge in [0.05, 0.1) is 12.7 Å². The summed E-state index contributed by atoms with van der Waals surface area (Å²) in [4.78, 5) is 2.98. The summed E-state index contributed by atoms with van der Waals surface area (Å²) in [5, 5.41) is 0. The van der Waals surface area contributed by atoms with Crippen LogP contribution in [-0.4, -0.2) is 12.1 Å². The summed E-state index contributed by atoms with van der Waals surface area (Å²) in [5.41, 5.74) is -3.33. The van der Waals surface area contributed by atoms with Gasteiger partial charge in [-0.25, -0.2) is 18.2 Å². The van der Waals surface area contributed by atoms with Crippen LogP contribution in [0, 0.1) is 5.82 Å². The van der Waals surface area contributed by atoms with Gasteiger partial charge >= 0.3 is 6.18 Å². The number of halogens is 6. The minimum atomic E-state index is -5.15. The molecule has 0 radical (unpaired) electrons. The van der Waals surface area contributed by atoms with Gasteiger partial charge in [0.2, 0.25) is 5.88 Å². The van der Waals surface area contributed by atoms with Crippen LogP contribution in [0.1, 0.15) is 17.6 Å². The Morgan fingerprint density at radius 2 is 1.88 bits per heavy atom. The van der Waals surface area contributed by atoms with E-state index >= 15 is 0 Å². The van der Waals surface area contributed by atoms with Crippen LogP contribution in [0.25, 0.3) is 0 Å². The summed E-state index contributed by atoms with van der Waals surface area (Å²) in [5.74, 6) is -3.14. The van der Waals surface area contributed by atoms with E-state index < -0.39 is 35.4 Å². The average molecular weight is 245 g/mol. The number of ether oxygens (including phenoxy) is 1. The number of aromatic nitrogens is 1. The summed E-state index contributed by atoms with van der Waals surface area (Å²) in [7, 11) is 0.832. The van der Waals surface area contributed by atoms with Crippen molar-refractivity contribution in [2.75, 3.05) is 7.11 Å². The molecule has 0 aliphatic rings. The summed E-state index contributed by atoms with van der Waals surface area (Å²) in [6, 6.07) is 0. The van der Waals surface area contributed by atoms with Crippen molar-refractivity contribution in [3.63, 3.8) is 0 Å². The van der Waals surface area contributed by atoms with E-state index in [1.165, 1.54) is 0 Å². The molecule has 1 aromatic rings. The Balaban J connectivity index is 3.47. The van der Waals surface area contributed by atoms with E-state index in [1.54, 1.807) is 0 Å². The molecule has 0 unspecified atom stereocenters. The molecule has 8 heteroatoms. The first-order chi connectivity index (χ1) is 7.29. The zero-order chi connectivity index (χ0) is 12.5. The quantitative estimate of drug-likeness (QED) is 0.746. The molecule has 0 saturated heterocycles. The number of methoxy groups -OCH3 is 1. The summed E-state index contributed by atoms with van der Waals surface area (Å²) < 4.78 is 78.6. The predicted molar refractivity (Wildman–Crippen MR) is 40.7 cm³/mol. The molecule has 0 bridgehead atoms. The van der Waals surface area contributed by atoms with Crippen LogP contribution in [0.2, 0.25) is 0 Å². The molecule has 1 heterocycles. The van der Waals surface area contributed by atoms with Crippen LogP contribution in [0.3, 0.4) is 0 Å². The fourth-order valence-corrected chi connectivity index (χ4v) is 1.04. The van der Waals surface area contributed by atoms with Crippen LogP contribution < -0.4 is 4.74 Å². The third-order valence-electron chi connectivity index (χ3n) is 1.72. The highest BCUT2D eigenvalue weighted by Crippen LogP contribution is 2.39. The monoisotopic (exact) mass is 245 g/mol. The predicted octanol–water partition coefficient (Wildman–Crippen LogP) is 3.19. The van der Waals surface area contributed by atoms with E-state index in [-0.39, 0.29) is 0 Å². The third kappa shape index (κ3) is 2.20. The van der Waals surface area contributed by atoms with Crippen molar-refractivity contribution in [2.45, 2.75) is 12.6 Å². The lowest BCUT2D eigenvalue weighted by molar-refractivity contribution is -0.141. The molecular formula is C8H5F6NO. The standard InChI is InChI=1S/C8H5F6NO/c1-16-7-4(8(12,13)14)5(9)3(2-15-7)6(10)11/h2,6H,1H3. The Morgan fingerprint density at radius 1 is 1.31 bits per heavy atom. The second-order valence-electron chi connectivity index (χ2n) is 2.71. The summed E-state index contributed by atoms with van der Waals surface area (Å²) in [6.45, 7) is 0. The lowest BCUT2D eigenvalue weighted by Crippen LogP contribution is -2.13. The van der Waals surface area contributed by atoms with Crippen molar-refractivity contribution in [1.29, 1.82) is 0 Å². The summed E-state index contributed by atoms with van der Waals surface area (Å²) in [6.07, 6.45) is -8.21. The van der Waals surface area contributed by atoms with E-state index in [0.29, 0.717) is 6.20 Å². The Morgan fingerprint density at radius 3 is 2.25 bits per heavy atom. The van der Waals surface area contributed by atoms with E-state index in [1.807, 2.05) is 0 Å². The first kappa shape index (κ1) is 12.6. The molecular weight excluding hydrogens is 240 g/mol. The SMILES string of the molecule is COc1ncc(C(F)F)c(F)c1C(F)(F)F. The molecule has 0 aliphatic heterocycles. The fourth-order valence-electron chi connectivity index (χ4n) is 1.04. The summed E-state index contributed by atoms with van der Waals surface area (Å²) >= 11 is 0. The van der Waals surface area contributed by atoms with E-state index in [2.05, 4.69) is 9.72 Å². The smallest absolute Gasteiger partial charge is 0.424 e. The zero-order valence-electron chi connectivity index (χ0n) is 7.78. The molecule has 0 aliphatic carbocycles. The van der Waals surface area contributed by atoms with Crippen LogP contribution in [0.15, 0.2) is 6.20 Å². The lowest BCUT2D eigenvalue weighted by atomic mass is 10.1. The Bertz CT molecular complexity index is 389. The van der Waals surface area contributed by atoms with Crippen molar-refractivity contribution < 1.29 is 31.1 Å². The number of rotatable bonds is 2. The van der Waals surface area contributed by atoms with Gasteiger partial charge in [-0.2, -0.15) is 13.2 Å². The molecule has 0 saturated carbocycles. The first-order valence-electron chi connectivity index (χ1n) is 3.86. The molecule has 0 spiro atoms. The fraction of sp³-hybridized carbons (Fsp3) is 0.375. The average Bonchev–Trinajstić information content (AvgIpc) is 2.14.